The molecule has 1 amide bonds. The van der Waals surface area contributed by atoms with Crippen molar-refractivity contribution in [3.63, 3.8) is 0 Å². The lowest BCUT2D eigenvalue weighted by Gasteiger charge is -2.26. The summed E-state index contributed by atoms with van der Waals surface area (Å²) in [5.74, 6) is 0.895. The standard InChI is InChI=1S/C18H23N3O2/c1-12-16(14(3)23-20-12)8-10-19-18(22)13(2)21-11-9-15-6-4-5-7-17(15)21/h4-7,13H,8-11H2,1-3H3,(H,19,22)/t13-/m1/s1. The van der Waals surface area contributed by atoms with E-state index in [1.165, 1.54) is 11.3 Å². The highest BCUT2D eigenvalue weighted by molar-refractivity contribution is 5.85. The first-order valence-corrected chi connectivity index (χ1v) is 8.12. The lowest BCUT2D eigenvalue weighted by Crippen LogP contribution is -2.45. The van der Waals surface area contributed by atoms with Gasteiger partial charge in [0, 0.05) is 24.3 Å². The molecule has 0 saturated carbocycles. The van der Waals surface area contributed by atoms with Crippen molar-refractivity contribution < 1.29 is 9.32 Å². The van der Waals surface area contributed by atoms with Crippen LogP contribution in [0.5, 0.6) is 0 Å². The number of rotatable bonds is 5. The van der Waals surface area contributed by atoms with E-state index >= 15 is 0 Å². The number of anilines is 1. The van der Waals surface area contributed by atoms with Gasteiger partial charge in [0.1, 0.15) is 11.8 Å². The predicted molar refractivity (Wildman–Crippen MR) is 89.6 cm³/mol. The van der Waals surface area contributed by atoms with E-state index in [0.29, 0.717) is 6.54 Å². The largest absolute Gasteiger partial charge is 0.361 e. The van der Waals surface area contributed by atoms with Gasteiger partial charge in [0.25, 0.3) is 0 Å². The molecule has 0 fully saturated rings. The number of fused-ring (bicyclic) bond motifs is 1. The molecule has 1 aliphatic heterocycles. The van der Waals surface area contributed by atoms with Gasteiger partial charge in [0.15, 0.2) is 0 Å². The number of carbonyl (C=O) groups excluding carboxylic acids is 1. The molecule has 3 rings (SSSR count). The summed E-state index contributed by atoms with van der Waals surface area (Å²) in [7, 11) is 0. The van der Waals surface area contributed by atoms with E-state index in [1.54, 1.807) is 0 Å². The number of para-hydroxylation sites is 1. The first-order valence-electron chi connectivity index (χ1n) is 8.12. The van der Waals surface area contributed by atoms with Gasteiger partial charge < -0.3 is 14.7 Å². The van der Waals surface area contributed by atoms with Crippen LogP contribution in [-0.4, -0.2) is 30.2 Å². The van der Waals surface area contributed by atoms with Gasteiger partial charge in [0.05, 0.1) is 5.69 Å². The molecule has 0 spiro atoms. The summed E-state index contributed by atoms with van der Waals surface area (Å²) >= 11 is 0. The minimum atomic E-state index is -0.164. The molecule has 0 radical (unpaired) electrons. The van der Waals surface area contributed by atoms with Gasteiger partial charge in [-0.2, -0.15) is 0 Å². The second-order valence-corrected chi connectivity index (χ2v) is 6.09. The molecule has 0 bridgehead atoms. The fourth-order valence-corrected chi connectivity index (χ4v) is 3.22. The third kappa shape index (κ3) is 3.09. The summed E-state index contributed by atoms with van der Waals surface area (Å²) in [5.41, 5.74) is 4.49. The number of aromatic nitrogens is 1. The Labute approximate surface area is 136 Å². The van der Waals surface area contributed by atoms with Gasteiger partial charge >= 0.3 is 0 Å². The van der Waals surface area contributed by atoms with Crippen LogP contribution in [0, 0.1) is 13.8 Å². The van der Waals surface area contributed by atoms with Crippen molar-refractivity contribution in [1.82, 2.24) is 10.5 Å². The van der Waals surface area contributed by atoms with Gasteiger partial charge in [-0.05, 0) is 45.2 Å². The smallest absolute Gasteiger partial charge is 0.242 e. The molecule has 1 aromatic carbocycles. The average Bonchev–Trinajstić information content (AvgIpc) is 3.12. The number of carbonyl (C=O) groups is 1. The quantitative estimate of drug-likeness (QED) is 0.921. The Kier molecular flexibility index (Phi) is 4.37. The summed E-state index contributed by atoms with van der Waals surface area (Å²) in [4.78, 5) is 14.6. The Hall–Kier alpha value is -2.30. The van der Waals surface area contributed by atoms with Crippen LogP contribution < -0.4 is 10.2 Å². The fourth-order valence-electron chi connectivity index (χ4n) is 3.22. The van der Waals surface area contributed by atoms with Crippen LogP contribution in [0.3, 0.4) is 0 Å². The number of amides is 1. The van der Waals surface area contributed by atoms with Crippen molar-refractivity contribution in [2.24, 2.45) is 0 Å². The zero-order chi connectivity index (χ0) is 16.4. The zero-order valence-corrected chi connectivity index (χ0v) is 13.9. The molecule has 5 heteroatoms. The minimum Gasteiger partial charge on any atom is -0.361 e. The first-order chi connectivity index (χ1) is 11.1. The van der Waals surface area contributed by atoms with Crippen LogP contribution >= 0.6 is 0 Å². The van der Waals surface area contributed by atoms with Crippen LogP contribution in [0.2, 0.25) is 0 Å². The molecule has 0 saturated heterocycles. The van der Waals surface area contributed by atoms with E-state index in [2.05, 4.69) is 33.6 Å². The second kappa shape index (κ2) is 6.44. The third-order valence-corrected chi connectivity index (χ3v) is 4.63. The fraction of sp³-hybridized carbons (Fsp3) is 0.444. The van der Waals surface area contributed by atoms with E-state index in [1.807, 2.05) is 26.8 Å². The first kappa shape index (κ1) is 15.6. The lowest BCUT2D eigenvalue weighted by atomic mass is 10.1. The van der Waals surface area contributed by atoms with Gasteiger partial charge in [-0.15, -0.1) is 0 Å². The maximum atomic E-state index is 12.4. The molecule has 1 N–H and O–H groups in total. The zero-order valence-electron chi connectivity index (χ0n) is 13.9. The van der Waals surface area contributed by atoms with Crippen LogP contribution in [0.1, 0.15) is 29.5 Å². The highest BCUT2D eigenvalue weighted by Crippen LogP contribution is 2.29. The Bertz CT molecular complexity index is 689. The molecule has 0 aliphatic carbocycles. The lowest BCUT2D eigenvalue weighted by molar-refractivity contribution is -0.122. The number of nitrogens with one attached hydrogen (secondary N) is 1. The van der Waals surface area contributed by atoms with Crippen molar-refractivity contribution in [2.45, 2.75) is 39.7 Å². The Morgan fingerprint density at radius 1 is 1.39 bits per heavy atom. The van der Waals surface area contributed by atoms with Crippen LogP contribution in [0.25, 0.3) is 0 Å². The highest BCUT2D eigenvalue weighted by atomic mass is 16.5. The molecular formula is C18H23N3O2. The Morgan fingerprint density at radius 3 is 2.91 bits per heavy atom. The number of nitrogens with zero attached hydrogens (tertiary/aromatic N) is 2. The summed E-state index contributed by atoms with van der Waals surface area (Å²) in [6, 6.07) is 8.15. The Morgan fingerprint density at radius 2 is 2.17 bits per heavy atom. The van der Waals surface area contributed by atoms with Crippen molar-refractivity contribution in [3.05, 3.63) is 46.8 Å². The van der Waals surface area contributed by atoms with Crippen LogP contribution in [-0.2, 0) is 17.6 Å². The normalized spacial score (nSPS) is 14.7. The van der Waals surface area contributed by atoms with Crippen molar-refractivity contribution >= 4 is 11.6 Å². The van der Waals surface area contributed by atoms with Gasteiger partial charge in [-0.3, -0.25) is 4.79 Å². The Balaban J connectivity index is 1.57. The number of benzene rings is 1. The predicted octanol–water partition coefficient (Wildman–Crippen LogP) is 2.40. The van der Waals surface area contributed by atoms with Crippen LogP contribution in [0.4, 0.5) is 5.69 Å². The second-order valence-electron chi connectivity index (χ2n) is 6.09. The van der Waals surface area contributed by atoms with Gasteiger partial charge in [-0.25, -0.2) is 0 Å². The maximum Gasteiger partial charge on any atom is 0.242 e. The molecule has 5 nitrogen and oxygen atoms in total. The monoisotopic (exact) mass is 313 g/mol. The van der Waals surface area contributed by atoms with E-state index in [0.717, 1.165) is 36.4 Å². The SMILES string of the molecule is Cc1noc(C)c1CCNC(=O)[C@@H](C)N1CCc2ccccc21. The molecule has 1 aromatic heterocycles. The maximum absolute atomic E-state index is 12.4. The van der Waals surface area contributed by atoms with Gasteiger partial charge in [0.2, 0.25) is 5.91 Å². The van der Waals surface area contributed by atoms with Crippen molar-refractivity contribution in [1.29, 1.82) is 0 Å². The van der Waals surface area contributed by atoms with E-state index in [4.69, 9.17) is 4.52 Å². The topological polar surface area (TPSA) is 58.4 Å². The molecule has 2 aromatic rings. The van der Waals surface area contributed by atoms with E-state index < -0.39 is 0 Å². The molecule has 0 unspecified atom stereocenters. The van der Waals surface area contributed by atoms with E-state index in [9.17, 15) is 4.79 Å². The summed E-state index contributed by atoms with van der Waals surface area (Å²) in [6.45, 7) is 7.30. The summed E-state index contributed by atoms with van der Waals surface area (Å²) in [6.07, 6.45) is 1.75. The average molecular weight is 313 g/mol. The van der Waals surface area contributed by atoms with Crippen molar-refractivity contribution in [3.8, 4) is 0 Å². The minimum absolute atomic E-state index is 0.0634. The van der Waals surface area contributed by atoms with Crippen molar-refractivity contribution in [2.75, 3.05) is 18.0 Å². The number of hydrogen-bond acceptors (Lipinski definition) is 4. The van der Waals surface area contributed by atoms with Gasteiger partial charge in [-0.1, -0.05) is 23.4 Å². The highest BCUT2D eigenvalue weighted by Gasteiger charge is 2.27. The molecule has 122 valence electrons. The number of aryl methyl sites for hydroxylation is 2. The third-order valence-electron chi connectivity index (χ3n) is 4.63. The summed E-state index contributed by atoms with van der Waals surface area (Å²) < 4.78 is 5.15. The molecule has 2 heterocycles. The number of hydrogen-bond donors (Lipinski definition) is 1. The summed E-state index contributed by atoms with van der Waals surface area (Å²) in [5, 5.41) is 6.97. The molecule has 23 heavy (non-hydrogen) atoms. The van der Waals surface area contributed by atoms with E-state index in [-0.39, 0.29) is 11.9 Å². The molecule has 1 atom stereocenters. The molecular weight excluding hydrogens is 290 g/mol. The molecule has 1 aliphatic rings. The van der Waals surface area contributed by atoms with Crippen LogP contribution in [0.15, 0.2) is 28.8 Å².